The fourth-order valence-electron chi connectivity index (χ4n) is 4.65. The predicted molar refractivity (Wildman–Crippen MR) is 145 cm³/mol. The number of aromatic nitrogens is 2. The Morgan fingerprint density at radius 2 is 1.69 bits per heavy atom. The molecule has 0 saturated carbocycles. The van der Waals surface area contributed by atoms with E-state index >= 15 is 0 Å². The lowest BCUT2D eigenvalue weighted by Gasteiger charge is -2.32. The summed E-state index contributed by atoms with van der Waals surface area (Å²) in [7, 11) is -4.27. The maximum atomic E-state index is 14.0. The molecule has 0 aliphatic carbocycles. The molecule has 0 amide bonds. The zero-order valence-corrected chi connectivity index (χ0v) is 22.8. The van der Waals surface area contributed by atoms with Gasteiger partial charge in [-0.2, -0.15) is 21.6 Å². The Hall–Kier alpha value is -3.18. The molecule has 0 fully saturated rings. The van der Waals surface area contributed by atoms with E-state index in [0.717, 1.165) is 43.4 Å². The molecule has 0 unspecified atom stereocenters. The van der Waals surface area contributed by atoms with Crippen molar-refractivity contribution in [3.63, 3.8) is 0 Å². The molecule has 11 heteroatoms. The molecule has 0 atom stereocenters. The van der Waals surface area contributed by atoms with E-state index in [9.17, 15) is 26.7 Å². The van der Waals surface area contributed by atoms with Gasteiger partial charge in [-0.05, 0) is 49.1 Å². The first-order valence-corrected chi connectivity index (χ1v) is 14.4. The molecule has 4 rings (SSSR count). The molecule has 1 aromatic carbocycles. The number of hydrogen-bond acceptors (Lipinski definition) is 6. The quantitative estimate of drug-likeness (QED) is 0.413. The first-order chi connectivity index (χ1) is 18.4. The van der Waals surface area contributed by atoms with E-state index in [4.69, 9.17) is 0 Å². The maximum absolute atomic E-state index is 14.0. The summed E-state index contributed by atoms with van der Waals surface area (Å²) in [6.45, 7) is 4.86. The average molecular weight is 563 g/mol. The smallest absolute Gasteiger partial charge is 0.396 e. The van der Waals surface area contributed by atoms with Crippen LogP contribution in [0.3, 0.4) is 0 Å². The number of halogens is 3. The average Bonchev–Trinajstić information content (AvgIpc) is 2.89. The minimum absolute atomic E-state index is 0.0512. The van der Waals surface area contributed by atoms with Gasteiger partial charge in [-0.3, -0.25) is 4.72 Å². The number of sulfonamides is 1. The molecule has 0 saturated heterocycles. The Kier molecular flexibility index (Phi) is 8.51. The van der Waals surface area contributed by atoms with Crippen LogP contribution in [0.15, 0.2) is 59.6 Å². The summed E-state index contributed by atoms with van der Waals surface area (Å²) in [6.07, 6.45) is -0.781. The molecule has 0 radical (unpaired) electrons. The standard InChI is InChI=1S/C28H33F3N4O3S/c1-27(2,19-36)18-35-17-8-4-3-5-10-20-11-6-7-12-21(20)26-22(28(29,30)31)15-16-23(32-26)34-39(37,38)25-14-9-13-24(35)33-25/h6-7,9,11-16,36H,3-5,8,10,17-19H2,1-2H3,(H,32,34). The third-order valence-electron chi connectivity index (χ3n) is 6.69. The third kappa shape index (κ3) is 7.07. The van der Waals surface area contributed by atoms with Crippen LogP contribution in [-0.4, -0.2) is 43.2 Å². The molecule has 2 N–H and O–H groups in total. The fourth-order valence-corrected chi connectivity index (χ4v) is 5.62. The molecule has 1 aliphatic heterocycles. The minimum Gasteiger partial charge on any atom is -0.396 e. The number of anilines is 2. The van der Waals surface area contributed by atoms with Crippen molar-refractivity contribution in [2.24, 2.45) is 5.41 Å². The number of aliphatic hydroxyl groups excluding tert-OH is 1. The molecular weight excluding hydrogens is 529 g/mol. The van der Waals surface area contributed by atoms with Crippen molar-refractivity contribution in [2.75, 3.05) is 29.3 Å². The van der Waals surface area contributed by atoms with Crippen molar-refractivity contribution >= 4 is 21.7 Å². The topological polar surface area (TPSA) is 95.4 Å². The van der Waals surface area contributed by atoms with Gasteiger partial charge < -0.3 is 10.0 Å². The van der Waals surface area contributed by atoms with E-state index in [2.05, 4.69) is 14.7 Å². The summed E-state index contributed by atoms with van der Waals surface area (Å²) in [6, 6.07) is 13.3. The van der Waals surface area contributed by atoms with Gasteiger partial charge in [0.1, 0.15) is 11.6 Å². The van der Waals surface area contributed by atoms with Gasteiger partial charge in [0.05, 0.1) is 11.3 Å². The van der Waals surface area contributed by atoms with Crippen LogP contribution in [-0.2, 0) is 22.6 Å². The Balaban J connectivity index is 1.81. The van der Waals surface area contributed by atoms with E-state index in [0.29, 0.717) is 30.9 Å². The van der Waals surface area contributed by atoms with E-state index in [1.807, 2.05) is 18.7 Å². The number of nitrogens with one attached hydrogen (secondary N) is 1. The van der Waals surface area contributed by atoms with Crippen molar-refractivity contribution in [1.29, 1.82) is 0 Å². The van der Waals surface area contributed by atoms with Crippen LogP contribution in [0.5, 0.6) is 0 Å². The van der Waals surface area contributed by atoms with Crippen LogP contribution in [0.4, 0.5) is 24.8 Å². The third-order valence-corrected chi connectivity index (χ3v) is 7.95. The number of alkyl halides is 3. The highest BCUT2D eigenvalue weighted by molar-refractivity contribution is 7.92. The summed E-state index contributed by atoms with van der Waals surface area (Å²) in [4.78, 5) is 10.5. The van der Waals surface area contributed by atoms with Crippen molar-refractivity contribution in [2.45, 2.75) is 57.2 Å². The van der Waals surface area contributed by atoms with Crippen LogP contribution in [0.2, 0.25) is 0 Å². The molecule has 210 valence electrons. The zero-order chi connectivity index (χ0) is 28.3. The Labute approximate surface area is 227 Å². The van der Waals surface area contributed by atoms with E-state index in [1.165, 1.54) is 6.07 Å². The summed E-state index contributed by atoms with van der Waals surface area (Å²) in [5.74, 6) is 0.208. The first kappa shape index (κ1) is 28.8. The van der Waals surface area contributed by atoms with E-state index in [-0.39, 0.29) is 23.1 Å². The molecule has 3 aromatic rings. The highest BCUT2D eigenvalue weighted by Gasteiger charge is 2.35. The van der Waals surface area contributed by atoms with Crippen molar-refractivity contribution < 1.29 is 26.7 Å². The summed E-state index contributed by atoms with van der Waals surface area (Å²) in [5, 5.41) is 9.55. The van der Waals surface area contributed by atoms with Crippen molar-refractivity contribution in [1.82, 2.24) is 9.97 Å². The van der Waals surface area contributed by atoms with Crippen LogP contribution in [0.25, 0.3) is 11.3 Å². The molecule has 39 heavy (non-hydrogen) atoms. The number of aryl methyl sites for hydroxylation is 1. The fraction of sp³-hybridized carbons (Fsp3) is 0.429. The molecule has 4 bridgehead atoms. The molecule has 2 aromatic heterocycles. The Morgan fingerprint density at radius 3 is 2.44 bits per heavy atom. The zero-order valence-electron chi connectivity index (χ0n) is 22.0. The molecular formula is C28H33F3N4O3S. The largest absolute Gasteiger partial charge is 0.418 e. The number of hydrogen-bond donors (Lipinski definition) is 2. The molecule has 1 aliphatic rings. The van der Waals surface area contributed by atoms with E-state index in [1.54, 1.807) is 36.4 Å². The molecule has 7 nitrogen and oxygen atoms in total. The van der Waals surface area contributed by atoms with Gasteiger partial charge in [-0.15, -0.1) is 0 Å². The first-order valence-electron chi connectivity index (χ1n) is 12.9. The second kappa shape index (κ2) is 11.5. The Bertz CT molecular complexity index is 1410. The second-order valence-corrected chi connectivity index (χ2v) is 12.2. The van der Waals surface area contributed by atoms with Crippen LogP contribution < -0.4 is 9.62 Å². The summed E-state index contributed by atoms with van der Waals surface area (Å²) in [5.41, 5.74) is -0.648. The van der Waals surface area contributed by atoms with Gasteiger partial charge in [0.25, 0.3) is 10.0 Å². The number of aliphatic hydroxyl groups is 1. The Morgan fingerprint density at radius 1 is 0.949 bits per heavy atom. The van der Waals surface area contributed by atoms with Crippen LogP contribution >= 0.6 is 0 Å². The van der Waals surface area contributed by atoms with Gasteiger partial charge in [0.2, 0.25) is 0 Å². The number of nitrogens with zero attached hydrogens (tertiary/aromatic N) is 3. The minimum atomic E-state index is -4.67. The number of pyridine rings is 2. The molecule has 3 heterocycles. The lowest BCUT2D eigenvalue weighted by Crippen LogP contribution is -2.38. The number of rotatable bonds is 3. The second-order valence-electron chi connectivity index (χ2n) is 10.6. The predicted octanol–water partition coefficient (Wildman–Crippen LogP) is 5.90. The van der Waals surface area contributed by atoms with Crippen LogP contribution in [0.1, 0.15) is 50.7 Å². The normalized spacial score (nSPS) is 16.6. The van der Waals surface area contributed by atoms with Gasteiger partial charge >= 0.3 is 6.18 Å². The van der Waals surface area contributed by atoms with Crippen molar-refractivity contribution in [3.05, 3.63) is 65.7 Å². The summed E-state index contributed by atoms with van der Waals surface area (Å²) >= 11 is 0. The van der Waals surface area contributed by atoms with Gasteiger partial charge in [-0.25, -0.2) is 9.97 Å². The SMILES string of the molecule is CC(C)(CO)CN1CCCCCCc2ccccc2-c2nc(ccc2C(F)(F)F)NS(=O)(=O)c2cccc1n2. The van der Waals surface area contributed by atoms with Gasteiger partial charge in [0, 0.05) is 30.7 Å². The lowest BCUT2D eigenvalue weighted by molar-refractivity contribution is -0.137. The van der Waals surface area contributed by atoms with E-state index < -0.39 is 27.2 Å². The lowest BCUT2D eigenvalue weighted by atomic mass is 9.94. The van der Waals surface area contributed by atoms with Gasteiger partial charge in [-0.1, -0.05) is 57.0 Å². The van der Waals surface area contributed by atoms with Crippen LogP contribution in [0, 0.1) is 5.41 Å². The molecule has 0 spiro atoms. The monoisotopic (exact) mass is 562 g/mol. The van der Waals surface area contributed by atoms with Crippen molar-refractivity contribution in [3.8, 4) is 11.3 Å². The highest BCUT2D eigenvalue weighted by Crippen LogP contribution is 2.38. The maximum Gasteiger partial charge on any atom is 0.418 e. The number of fused-ring (bicyclic) bond motifs is 6. The van der Waals surface area contributed by atoms with Gasteiger partial charge in [0.15, 0.2) is 5.03 Å². The number of benzene rings is 1. The highest BCUT2D eigenvalue weighted by atomic mass is 32.2. The summed E-state index contributed by atoms with van der Waals surface area (Å²) < 4.78 is 70.8.